The molecule has 0 unspecified atom stereocenters. The van der Waals surface area contributed by atoms with Crippen LogP contribution in [0.5, 0.6) is 0 Å². The van der Waals surface area contributed by atoms with Gasteiger partial charge < -0.3 is 0 Å². The first-order chi connectivity index (χ1) is 8.92. The number of nitrogens with zero attached hydrogens (tertiary/aromatic N) is 1. The third-order valence-corrected chi connectivity index (χ3v) is 4.62. The molecule has 4 nitrogen and oxygen atoms in total. The van der Waals surface area contributed by atoms with Gasteiger partial charge in [-0.05, 0) is 24.6 Å². The van der Waals surface area contributed by atoms with Gasteiger partial charge in [0, 0.05) is 12.4 Å². The highest BCUT2D eigenvalue weighted by Crippen LogP contribution is 2.29. The summed E-state index contributed by atoms with van der Waals surface area (Å²) in [5.74, 6) is 0. The maximum Gasteiger partial charge on any atom is 0.264 e. The molecule has 2 rings (SSSR count). The molecule has 0 spiro atoms. The lowest BCUT2D eigenvalue weighted by Gasteiger charge is -2.12. The molecule has 1 N–H and O–H groups in total. The summed E-state index contributed by atoms with van der Waals surface area (Å²) in [7, 11) is -3.82. The van der Waals surface area contributed by atoms with Crippen LogP contribution in [0.25, 0.3) is 0 Å². The normalized spacial score (nSPS) is 11.3. The predicted molar refractivity (Wildman–Crippen MR) is 76.2 cm³/mol. The minimum Gasteiger partial charge on any atom is -0.278 e. The maximum absolute atomic E-state index is 12.2. The molecule has 1 heterocycles. The lowest BCUT2D eigenvalue weighted by Crippen LogP contribution is -2.14. The summed E-state index contributed by atoms with van der Waals surface area (Å²) in [5, 5.41) is 0.427. The lowest BCUT2D eigenvalue weighted by molar-refractivity contribution is 0.601. The van der Waals surface area contributed by atoms with E-state index in [4.69, 9.17) is 23.2 Å². The molecule has 0 amide bonds. The van der Waals surface area contributed by atoms with E-state index < -0.39 is 10.0 Å². The molecule has 0 fully saturated rings. The van der Waals surface area contributed by atoms with E-state index in [9.17, 15) is 8.42 Å². The van der Waals surface area contributed by atoms with Crippen molar-refractivity contribution in [3.63, 3.8) is 0 Å². The maximum atomic E-state index is 12.2. The third kappa shape index (κ3) is 3.00. The summed E-state index contributed by atoms with van der Waals surface area (Å²) >= 11 is 11.8. The summed E-state index contributed by atoms with van der Waals surface area (Å²) < 4.78 is 26.9. The Bertz CT molecular complexity index is 697. The topological polar surface area (TPSA) is 59.1 Å². The first kappa shape index (κ1) is 14.1. The first-order valence-corrected chi connectivity index (χ1v) is 7.53. The SMILES string of the molecule is Cc1cccc(Cl)c1NS(=O)(=O)c1cnccc1Cl. The van der Waals surface area contributed by atoms with Crippen molar-refractivity contribution in [2.45, 2.75) is 11.8 Å². The van der Waals surface area contributed by atoms with Crippen LogP contribution in [0.3, 0.4) is 0 Å². The van der Waals surface area contributed by atoms with E-state index in [-0.39, 0.29) is 9.92 Å². The molecule has 0 bridgehead atoms. The van der Waals surface area contributed by atoms with Crippen LogP contribution in [-0.4, -0.2) is 13.4 Å². The van der Waals surface area contributed by atoms with Gasteiger partial charge in [0.25, 0.3) is 10.0 Å². The molecule has 1 aromatic carbocycles. The van der Waals surface area contributed by atoms with Crippen LogP contribution in [-0.2, 0) is 10.0 Å². The Morgan fingerprint density at radius 3 is 2.53 bits per heavy atom. The summed E-state index contributed by atoms with van der Waals surface area (Å²) in [6.45, 7) is 1.76. The minimum absolute atomic E-state index is 0.0870. The summed E-state index contributed by atoms with van der Waals surface area (Å²) in [4.78, 5) is 3.67. The van der Waals surface area contributed by atoms with Crippen LogP contribution < -0.4 is 4.72 Å². The number of para-hydroxylation sites is 1. The summed E-state index contributed by atoms with van der Waals surface area (Å²) in [5.41, 5.74) is 1.06. The van der Waals surface area contributed by atoms with Gasteiger partial charge in [-0.2, -0.15) is 0 Å². The van der Waals surface area contributed by atoms with E-state index in [1.54, 1.807) is 25.1 Å². The highest BCUT2D eigenvalue weighted by Gasteiger charge is 2.20. The molecule has 19 heavy (non-hydrogen) atoms. The number of nitrogens with one attached hydrogen (secondary N) is 1. The van der Waals surface area contributed by atoms with Gasteiger partial charge in [-0.15, -0.1) is 0 Å². The van der Waals surface area contributed by atoms with Gasteiger partial charge in [0.2, 0.25) is 0 Å². The fourth-order valence-electron chi connectivity index (χ4n) is 1.51. The van der Waals surface area contributed by atoms with Crippen LogP contribution >= 0.6 is 23.2 Å². The van der Waals surface area contributed by atoms with Crippen LogP contribution in [0.15, 0.2) is 41.6 Å². The number of sulfonamides is 1. The van der Waals surface area contributed by atoms with Crippen molar-refractivity contribution in [2.75, 3.05) is 4.72 Å². The second-order valence-corrected chi connectivity index (χ2v) is 6.31. The van der Waals surface area contributed by atoms with Crippen molar-refractivity contribution in [2.24, 2.45) is 0 Å². The Morgan fingerprint density at radius 1 is 1.16 bits per heavy atom. The van der Waals surface area contributed by atoms with Gasteiger partial charge in [-0.3, -0.25) is 9.71 Å². The van der Waals surface area contributed by atoms with Crippen molar-refractivity contribution in [3.05, 3.63) is 52.3 Å². The number of benzene rings is 1. The molecule has 2 aromatic rings. The van der Waals surface area contributed by atoms with Crippen molar-refractivity contribution >= 4 is 38.9 Å². The summed E-state index contributed by atoms with van der Waals surface area (Å²) in [6.07, 6.45) is 2.61. The molecular weight excluding hydrogens is 307 g/mol. The average molecular weight is 317 g/mol. The van der Waals surface area contributed by atoms with Crippen molar-refractivity contribution in [1.82, 2.24) is 4.98 Å². The van der Waals surface area contributed by atoms with Gasteiger partial charge in [-0.25, -0.2) is 8.42 Å². The highest BCUT2D eigenvalue weighted by molar-refractivity contribution is 7.92. The number of aryl methyl sites for hydroxylation is 1. The van der Waals surface area contributed by atoms with E-state index in [2.05, 4.69) is 9.71 Å². The van der Waals surface area contributed by atoms with Crippen molar-refractivity contribution in [3.8, 4) is 0 Å². The lowest BCUT2D eigenvalue weighted by atomic mass is 10.2. The van der Waals surface area contributed by atoms with E-state index in [0.29, 0.717) is 10.7 Å². The predicted octanol–water partition coefficient (Wildman–Crippen LogP) is 3.50. The van der Waals surface area contributed by atoms with Gasteiger partial charge in [0.1, 0.15) is 4.90 Å². The molecule has 0 radical (unpaired) electrons. The second kappa shape index (κ2) is 5.36. The standard InChI is InChI=1S/C12H10Cl2N2O2S/c1-8-3-2-4-10(14)12(8)16-19(17,18)11-7-15-6-5-9(11)13/h2-7,16H,1H3. The molecule has 0 saturated carbocycles. The van der Waals surface area contributed by atoms with Gasteiger partial charge in [0.15, 0.2) is 0 Å². The second-order valence-electron chi connectivity index (χ2n) is 3.84. The minimum atomic E-state index is -3.82. The fourth-order valence-corrected chi connectivity index (χ4v) is 3.42. The van der Waals surface area contributed by atoms with Crippen molar-refractivity contribution in [1.29, 1.82) is 0 Å². The number of rotatable bonds is 3. The number of anilines is 1. The Hall–Kier alpha value is -1.30. The Balaban J connectivity index is 2.46. The van der Waals surface area contributed by atoms with E-state index in [1.807, 2.05) is 0 Å². The first-order valence-electron chi connectivity index (χ1n) is 5.29. The van der Waals surface area contributed by atoms with Crippen LogP contribution in [0.2, 0.25) is 10.0 Å². The van der Waals surface area contributed by atoms with Gasteiger partial charge in [0.05, 0.1) is 15.7 Å². The van der Waals surface area contributed by atoms with Gasteiger partial charge >= 0.3 is 0 Å². The highest BCUT2D eigenvalue weighted by atomic mass is 35.5. The molecule has 7 heteroatoms. The average Bonchev–Trinajstić information content (AvgIpc) is 2.34. The summed E-state index contributed by atoms with van der Waals surface area (Å²) in [6, 6.07) is 6.52. The van der Waals surface area contributed by atoms with Crippen LogP contribution in [0.1, 0.15) is 5.56 Å². The molecule has 0 aliphatic heterocycles. The van der Waals surface area contributed by atoms with E-state index in [1.165, 1.54) is 18.5 Å². The Morgan fingerprint density at radius 2 is 1.89 bits per heavy atom. The largest absolute Gasteiger partial charge is 0.278 e. The van der Waals surface area contributed by atoms with E-state index in [0.717, 1.165) is 5.56 Å². The number of hydrogen-bond donors (Lipinski definition) is 1. The molecule has 1 aromatic heterocycles. The fraction of sp³-hybridized carbons (Fsp3) is 0.0833. The molecule has 0 saturated heterocycles. The zero-order chi connectivity index (χ0) is 14.0. The zero-order valence-corrected chi connectivity index (χ0v) is 12.2. The number of halogens is 2. The van der Waals surface area contributed by atoms with Crippen molar-refractivity contribution < 1.29 is 8.42 Å². The zero-order valence-electron chi connectivity index (χ0n) is 9.89. The number of hydrogen-bond acceptors (Lipinski definition) is 3. The third-order valence-electron chi connectivity index (χ3n) is 2.48. The Kier molecular flexibility index (Phi) is 3.99. The Labute approximate surface area is 121 Å². The monoisotopic (exact) mass is 316 g/mol. The smallest absolute Gasteiger partial charge is 0.264 e. The number of pyridine rings is 1. The molecule has 100 valence electrons. The number of aromatic nitrogens is 1. The van der Waals surface area contributed by atoms with E-state index >= 15 is 0 Å². The molecular formula is C12H10Cl2N2O2S. The van der Waals surface area contributed by atoms with Crippen LogP contribution in [0, 0.1) is 6.92 Å². The molecule has 0 aliphatic rings. The molecule has 0 aliphatic carbocycles. The molecule has 0 atom stereocenters. The van der Waals surface area contributed by atoms with Gasteiger partial charge in [-0.1, -0.05) is 35.3 Å². The van der Waals surface area contributed by atoms with Crippen LogP contribution in [0.4, 0.5) is 5.69 Å². The quantitative estimate of drug-likeness (QED) is 0.942.